The van der Waals surface area contributed by atoms with Crippen LogP contribution in [0.1, 0.15) is 51.0 Å². The number of halogens is 1. The van der Waals surface area contributed by atoms with Crippen molar-refractivity contribution < 1.29 is 19.5 Å². The maximum Gasteiger partial charge on any atom is 0.303 e. The van der Waals surface area contributed by atoms with Gasteiger partial charge in [-0.3, -0.25) is 14.4 Å². The number of benzene rings is 1. The van der Waals surface area contributed by atoms with Crippen molar-refractivity contribution in [3.8, 4) is 0 Å². The smallest absolute Gasteiger partial charge is 0.303 e. The number of rotatable bonds is 12. The Morgan fingerprint density at radius 2 is 1.81 bits per heavy atom. The molecule has 7 heteroatoms. The van der Waals surface area contributed by atoms with Crippen LogP contribution in [-0.4, -0.2) is 35.5 Å². The molecule has 0 fully saturated rings. The molecule has 26 heavy (non-hydrogen) atoms. The van der Waals surface area contributed by atoms with Crippen LogP contribution >= 0.6 is 11.6 Å². The molecule has 0 spiro atoms. The number of carboxylic acids is 1. The lowest BCUT2D eigenvalue weighted by Gasteiger charge is -2.18. The van der Waals surface area contributed by atoms with Gasteiger partial charge in [0, 0.05) is 18.0 Å². The van der Waals surface area contributed by atoms with Gasteiger partial charge in [-0.1, -0.05) is 49.9 Å². The number of carbonyl (C=O) groups excluding carboxylic acids is 2. The highest BCUT2D eigenvalue weighted by molar-refractivity contribution is 6.30. The van der Waals surface area contributed by atoms with Crippen molar-refractivity contribution in [1.29, 1.82) is 0 Å². The average Bonchev–Trinajstić information content (AvgIpc) is 2.60. The minimum absolute atomic E-state index is 0.0580. The zero-order valence-electron chi connectivity index (χ0n) is 15.1. The van der Waals surface area contributed by atoms with Gasteiger partial charge in [0.15, 0.2) is 0 Å². The monoisotopic (exact) mass is 382 g/mol. The van der Waals surface area contributed by atoms with Gasteiger partial charge in [0.2, 0.25) is 11.8 Å². The van der Waals surface area contributed by atoms with Gasteiger partial charge in [-0.2, -0.15) is 0 Å². The Labute approximate surface area is 159 Å². The standard InChI is InChI=1S/C19H27ClN2O4/c1-2-3-4-5-12-21-19(26)16(10-11-18(24)25)22-17(23)13-14-6-8-15(20)9-7-14/h6-9,16H,2-5,10-13H2,1H3,(H,21,26)(H,22,23)(H,24,25)/t16-/m0/s1. The van der Waals surface area contributed by atoms with Crippen molar-refractivity contribution in [1.82, 2.24) is 10.6 Å². The SMILES string of the molecule is CCCCCCNC(=O)[C@H](CCC(=O)O)NC(=O)Cc1ccc(Cl)cc1. The molecule has 144 valence electrons. The lowest BCUT2D eigenvalue weighted by atomic mass is 10.1. The highest BCUT2D eigenvalue weighted by Gasteiger charge is 2.21. The maximum atomic E-state index is 12.3. The molecule has 0 heterocycles. The zero-order valence-corrected chi connectivity index (χ0v) is 15.8. The first-order chi connectivity index (χ1) is 12.4. The van der Waals surface area contributed by atoms with Crippen LogP contribution in [0.15, 0.2) is 24.3 Å². The number of aliphatic carboxylic acids is 1. The zero-order chi connectivity index (χ0) is 19.4. The van der Waals surface area contributed by atoms with E-state index in [0.29, 0.717) is 11.6 Å². The van der Waals surface area contributed by atoms with E-state index in [9.17, 15) is 14.4 Å². The third-order valence-corrected chi connectivity index (χ3v) is 4.16. The topological polar surface area (TPSA) is 95.5 Å². The summed E-state index contributed by atoms with van der Waals surface area (Å²) in [5.74, 6) is -1.67. The fourth-order valence-corrected chi connectivity index (χ4v) is 2.58. The number of carbonyl (C=O) groups is 3. The van der Waals surface area contributed by atoms with Gasteiger partial charge in [0.25, 0.3) is 0 Å². The molecule has 1 aromatic rings. The summed E-state index contributed by atoms with van der Waals surface area (Å²) in [5.41, 5.74) is 0.767. The van der Waals surface area contributed by atoms with Crippen molar-refractivity contribution in [3.05, 3.63) is 34.9 Å². The number of amides is 2. The van der Waals surface area contributed by atoms with Crippen LogP contribution in [0.5, 0.6) is 0 Å². The number of nitrogens with one attached hydrogen (secondary N) is 2. The summed E-state index contributed by atoms with van der Waals surface area (Å²) in [5, 5.41) is 14.9. The molecule has 6 nitrogen and oxygen atoms in total. The molecule has 0 aliphatic rings. The Hall–Kier alpha value is -2.08. The van der Waals surface area contributed by atoms with Gasteiger partial charge in [-0.15, -0.1) is 0 Å². The lowest BCUT2D eigenvalue weighted by Crippen LogP contribution is -2.47. The van der Waals surface area contributed by atoms with E-state index < -0.39 is 12.0 Å². The largest absolute Gasteiger partial charge is 0.481 e. The first-order valence-corrected chi connectivity index (χ1v) is 9.33. The summed E-state index contributed by atoms with van der Waals surface area (Å²) in [6.45, 7) is 2.63. The van der Waals surface area contributed by atoms with E-state index in [1.165, 1.54) is 0 Å². The second-order valence-electron chi connectivity index (χ2n) is 6.21. The lowest BCUT2D eigenvalue weighted by molar-refractivity contribution is -0.138. The van der Waals surface area contributed by atoms with E-state index in [0.717, 1.165) is 31.2 Å². The second kappa shape index (κ2) is 12.3. The first kappa shape index (κ1) is 22.0. The van der Waals surface area contributed by atoms with Crippen LogP contribution in [-0.2, 0) is 20.8 Å². The molecule has 0 saturated heterocycles. The molecule has 0 bridgehead atoms. The number of carboxylic acid groups (broad SMARTS) is 1. The van der Waals surface area contributed by atoms with E-state index in [1.54, 1.807) is 24.3 Å². The van der Waals surface area contributed by atoms with Crippen LogP contribution in [0.25, 0.3) is 0 Å². The van der Waals surface area contributed by atoms with Gasteiger partial charge < -0.3 is 15.7 Å². The summed E-state index contributed by atoms with van der Waals surface area (Å²) in [7, 11) is 0. The maximum absolute atomic E-state index is 12.3. The molecule has 3 N–H and O–H groups in total. The molecule has 0 saturated carbocycles. The van der Waals surface area contributed by atoms with Crippen molar-refractivity contribution in [3.63, 3.8) is 0 Å². The Kier molecular flexibility index (Phi) is 10.4. The Balaban J connectivity index is 2.54. The predicted molar refractivity (Wildman–Crippen MR) is 101 cm³/mol. The summed E-state index contributed by atoms with van der Waals surface area (Å²) < 4.78 is 0. The third-order valence-electron chi connectivity index (χ3n) is 3.91. The Bertz CT molecular complexity index is 590. The van der Waals surface area contributed by atoms with E-state index in [4.69, 9.17) is 16.7 Å². The van der Waals surface area contributed by atoms with Crippen molar-refractivity contribution in [2.45, 2.75) is 57.9 Å². The van der Waals surface area contributed by atoms with Crippen molar-refractivity contribution >= 4 is 29.4 Å². The molecule has 1 aromatic carbocycles. The molecule has 0 aliphatic heterocycles. The summed E-state index contributed by atoms with van der Waals surface area (Å²) in [6, 6.07) is 6.01. The molecular weight excluding hydrogens is 356 g/mol. The van der Waals surface area contributed by atoms with E-state index >= 15 is 0 Å². The summed E-state index contributed by atoms with van der Waals surface area (Å²) >= 11 is 5.82. The fourth-order valence-electron chi connectivity index (χ4n) is 2.46. The number of unbranched alkanes of at least 4 members (excludes halogenated alkanes) is 3. The summed E-state index contributed by atoms with van der Waals surface area (Å²) in [6.07, 6.45) is 4.08. The molecule has 1 rings (SSSR count). The molecule has 1 atom stereocenters. The van der Waals surface area contributed by atoms with Gasteiger partial charge in [-0.05, 0) is 30.5 Å². The minimum Gasteiger partial charge on any atom is -0.481 e. The molecule has 0 radical (unpaired) electrons. The highest BCUT2D eigenvalue weighted by atomic mass is 35.5. The quantitative estimate of drug-likeness (QED) is 0.484. The van der Waals surface area contributed by atoms with Crippen LogP contribution in [0.2, 0.25) is 5.02 Å². The number of hydrogen-bond donors (Lipinski definition) is 3. The third kappa shape index (κ3) is 9.42. The highest BCUT2D eigenvalue weighted by Crippen LogP contribution is 2.10. The van der Waals surface area contributed by atoms with E-state index in [2.05, 4.69) is 17.6 Å². The van der Waals surface area contributed by atoms with Gasteiger partial charge in [0.05, 0.1) is 6.42 Å². The first-order valence-electron chi connectivity index (χ1n) is 8.95. The molecule has 0 aliphatic carbocycles. The Morgan fingerprint density at radius 3 is 2.42 bits per heavy atom. The molecule has 0 aromatic heterocycles. The second-order valence-corrected chi connectivity index (χ2v) is 6.64. The van der Waals surface area contributed by atoms with Crippen molar-refractivity contribution in [2.75, 3.05) is 6.54 Å². The molecule has 2 amide bonds. The fraction of sp³-hybridized carbons (Fsp3) is 0.526. The van der Waals surface area contributed by atoms with Gasteiger partial charge >= 0.3 is 5.97 Å². The van der Waals surface area contributed by atoms with Crippen molar-refractivity contribution in [2.24, 2.45) is 0 Å². The normalized spacial score (nSPS) is 11.6. The van der Waals surface area contributed by atoms with Crippen LogP contribution in [0.4, 0.5) is 0 Å². The molecule has 0 unspecified atom stereocenters. The van der Waals surface area contributed by atoms with Gasteiger partial charge in [-0.25, -0.2) is 0 Å². The van der Waals surface area contributed by atoms with E-state index in [-0.39, 0.29) is 31.1 Å². The average molecular weight is 383 g/mol. The number of hydrogen-bond acceptors (Lipinski definition) is 3. The van der Waals surface area contributed by atoms with E-state index in [1.807, 2.05) is 0 Å². The molecular formula is C19H27ClN2O4. The van der Waals surface area contributed by atoms with Crippen LogP contribution in [0.3, 0.4) is 0 Å². The minimum atomic E-state index is -1.00. The van der Waals surface area contributed by atoms with Gasteiger partial charge in [0.1, 0.15) is 6.04 Å². The van der Waals surface area contributed by atoms with Crippen LogP contribution in [0, 0.1) is 0 Å². The Morgan fingerprint density at radius 1 is 1.12 bits per heavy atom. The van der Waals surface area contributed by atoms with Crippen LogP contribution < -0.4 is 10.6 Å². The predicted octanol–water partition coefficient (Wildman–Crippen LogP) is 2.93. The summed E-state index contributed by atoms with van der Waals surface area (Å²) in [4.78, 5) is 35.3.